The summed E-state index contributed by atoms with van der Waals surface area (Å²) in [6.07, 6.45) is -2.70. The molecular weight excluding hydrogens is 542 g/mol. The van der Waals surface area contributed by atoms with Crippen LogP contribution in [0.5, 0.6) is 11.5 Å². The second kappa shape index (κ2) is 22.3. The Hall–Kier alpha value is -2.54. The molecule has 0 aliphatic carbocycles. The third-order valence-electron chi connectivity index (χ3n) is 4.73. The van der Waals surface area contributed by atoms with Gasteiger partial charge in [-0.2, -0.15) is 31.4 Å². The van der Waals surface area contributed by atoms with E-state index in [1.54, 1.807) is 36.6 Å². The zero-order valence-electron chi connectivity index (χ0n) is 22.1. The number of carbonyl (C=O) groups is 2. The van der Waals surface area contributed by atoms with Crippen LogP contribution in [0.1, 0.15) is 29.5 Å². The Labute approximate surface area is 269 Å². The van der Waals surface area contributed by atoms with E-state index in [9.17, 15) is 18.0 Å². The molecule has 0 amide bonds. The Balaban J connectivity index is 0. The van der Waals surface area contributed by atoms with Gasteiger partial charge in [-0.05, 0) is 25.1 Å². The van der Waals surface area contributed by atoms with Crippen LogP contribution in [0, 0.1) is 6.07 Å². The summed E-state index contributed by atoms with van der Waals surface area (Å²) in [7, 11) is 1.21. The molecular formula is C28H30F3KNO6-. The Bertz CT molecular complexity index is 1070. The van der Waals surface area contributed by atoms with Gasteiger partial charge in [0.1, 0.15) is 19.3 Å². The van der Waals surface area contributed by atoms with Gasteiger partial charge in [0.25, 0.3) is 0 Å². The predicted molar refractivity (Wildman–Crippen MR) is 138 cm³/mol. The van der Waals surface area contributed by atoms with Crippen LogP contribution in [0.15, 0.2) is 66.7 Å². The maximum atomic E-state index is 13.0. The molecule has 11 heteroatoms. The second-order valence-corrected chi connectivity index (χ2v) is 7.00. The van der Waals surface area contributed by atoms with Gasteiger partial charge in [-0.3, -0.25) is 6.29 Å². The summed E-state index contributed by atoms with van der Waals surface area (Å²) in [5.41, 5.74) is 1.20. The molecule has 0 aliphatic rings. The van der Waals surface area contributed by atoms with E-state index in [0.29, 0.717) is 24.6 Å². The van der Waals surface area contributed by atoms with Crippen molar-refractivity contribution in [2.45, 2.75) is 25.6 Å². The fourth-order valence-electron chi connectivity index (χ4n) is 3.02. The molecule has 0 radical (unpaired) electrons. The maximum absolute atomic E-state index is 13.0. The van der Waals surface area contributed by atoms with E-state index < -0.39 is 17.7 Å². The van der Waals surface area contributed by atoms with Crippen LogP contribution in [-0.4, -0.2) is 45.3 Å². The van der Waals surface area contributed by atoms with E-state index in [1.165, 1.54) is 13.2 Å². The van der Waals surface area contributed by atoms with Gasteiger partial charge in [-0.1, -0.05) is 47.4 Å². The van der Waals surface area contributed by atoms with E-state index in [4.69, 9.17) is 24.2 Å². The number of hydrogen-bond acceptors (Lipinski definition) is 7. The number of ether oxygens (including phenoxy) is 2. The summed E-state index contributed by atoms with van der Waals surface area (Å²) < 4.78 is 49.3. The number of nitrogens with one attached hydrogen (secondary N) is 1. The molecule has 7 nitrogen and oxygen atoms in total. The number of aliphatic hydroxyl groups excluding tert-OH is 1. The van der Waals surface area contributed by atoms with Crippen molar-refractivity contribution in [2.75, 3.05) is 25.6 Å². The fraction of sp³-hybridized carbons (Fsp3) is 0.250. The quantitative estimate of drug-likeness (QED) is 0.299. The van der Waals surface area contributed by atoms with E-state index in [0.717, 1.165) is 17.2 Å². The van der Waals surface area contributed by atoms with Gasteiger partial charge in [-0.15, -0.1) is 6.07 Å². The summed E-state index contributed by atoms with van der Waals surface area (Å²) >= 11 is 0. The summed E-state index contributed by atoms with van der Waals surface area (Å²) in [6, 6.07) is 21.2. The standard InChI is InChI=1S/C17H17F3NO2.C9H9O2.2CH2O.K/c1-3-23-15-7-5-4-6-12(15)11-21-13-8-9-16(22-2)14(10-13)17(18,19)20;10-6-9(7-11)8-4-2-1-3-5-8;2*1-2;/h4,6-10,21H,3,11H2,1-2H3;1-5,9-10H,6H2;2*1H2;/q2*-1;;;+1/t;9-;;;/m.1.../s1. The monoisotopic (exact) mass is 572 g/mol. The van der Waals surface area contributed by atoms with Crippen LogP contribution in [0.25, 0.3) is 0 Å². The normalized spacial score (nSPS) is 10.3. The molecule has 39 heavy (non-hydrogen) atoms. The van der Waals surface area contributed by atoms with Crippen LogP contribution in [-0.2, 0) is 27.1 Å². The van der Waals surface area contributed by atoms with Crippen LogP contribution in [0.4, 0.5) is 18.9 Å². The Morgan fingerprint density at radius 2 is 1.69 bits per heavy atom. The topological polar surface area (TPSA) is 102 Å². The molecule has 3 aromatic rings. The average molecular weight is 573 g/mol. The van der Waals surface area contributed by atoms with Crippen molar-refractivity contribution in [1.29, 1.82) is 0 Å². The van der Waals surface area contributed by atoms with Crippen molar-refractivity contribution in [1.82, 2.24) is 0 Å². The number of anilines is 1. The molecule has 0 aromatic heterocycles. The minimum Gasteiger partial charge on any atom is -0.551 e. The first kappa shape index (κ1) is 38.6. The van der Waals surface area contributed by atoms with E-state index in [2.05, 4.69) is 11.4 Å². The van der Waals surface area contributed by atoms with Gasteiger partial charge in [0.2, 0.25) is 0 Å². The number of methoxy groups -OCH3 is 1. The molecule has 0 fully saturated rings. The van der Waals surface area contributed by atoms with Gasteiger partial charge >= 0.3 is 57.6 Å². The first-order valence-electron chi connectivity index (χ1n) is 11.1. The van der Waals surface area contributed by atoms with E-state index in [-0.39, 0.29) is 63.7 Å². The first-order chi connectivity index (χ1) is 18.3. The molecule has 0 aliphatic heterocycles. The summed E-state index contributed by atoms with van der Waals surface area (Å²) in [5.74, 6) is -0.0318. The van der Waals surface area contributed by atoms with Gasteiger partial charge in [-0.25, -0.2) is 0 Å². The van der Waals surface area contributed by atoms with Crippen LogP contribution in [0.2, 0.25) is 0 Å². The smallest absolute Gasteiger partial charge is 0.551 e. The number of alkyl halides is 3. The molecule has 0 bridgehead atoms. The molecule has 206 valence electrons. The minimum absolute atomic E-state index is 0. The Morgan fingerprint density at radius 3 is 2.21 bits per heavy atom. The number of aliphatic hydroxyl groups is 1. The third kappa shape index (κ3) is 13.9. The van der Waals surface area contributed by atoms with Crippen molar-refractivity contribution in [3.63, 3.8) is 0 Å². The minimum atomic E-state index is -4.47. The van der Waals surface area contributed by atoms with E-state index in [1.807, 2.05) is 44.8 Å². The van der Waals surface area contributed by atoms with Crippen molar-refractivity contribution in [3.8, 4) is 11.5 Å². The zero-order valence-corrected chi connectivity index (χ0v) is 25.2. The van der Waals surface area contributed by atoms with Gasteiger partial charge in [0.15, 0.2) is 0 Å². The van der Waals surface area contributed by atoms with Crippen LogP contribution >= 0.6 is 0 Å². The summed E-state index contributed by atoms with van der Waals surface area (Å²) in [6.45, 7) is 6.54. The van der Waals surface area contributed by atoms with Crippen molar-refractivity contribution >= 4 is 25.6 Å². The van der Waals surface area contributed by atoms with Crippen LogP contribution < -0.4 is 66.2 Å². The molecule has 0 saturated carbocycles. The van der Waals surface area contributed by atoms with Gasteiger partial charge < -0.3 is 34.3 Å². The fourth-order valence-corrected chi connectivity index (χ4v) is 3.02. The number of rotatable bonds is 9. The molecule has 0 unspecified atom stereocenters. The molecule has 0 saturated heterocycles. The van der Waals surface area contributed by atoms with Crippen molar-refractivity contribution < 1.29 is 93.5 Å². The van der Waals surface area contributed by atoms with Gasteiger partial charge in [0.05, 0.1) is 19.3 Å². The average Bonchev–Trinajstić information content (AvgIpc) is 2.96. The summed E-state index contributed by atoms with van der Waals surface area (Å²) in [5, 5.41) is 11.7. The molecule has 2 N–H and O–H groups in total. The first-order valence-corrected chi connectivity index (χ1v) is 11.1. The predicted octanol–water partition coefficient (Wildman–Crippen LogP) is 2.03. The van der Waals surface area contributed by atoms with Crippen LogP contribution in [0.3, 0.4) is 0 Å². The Kier molecular flexibility index (Phi) is 22.1. The molecule has 3 aromatic carbocycles. The number of benzene rings is 3. The maximum Gasteiger partial charge on any atom is 1.00 e. The van der Waals surface area contributed by atoms with Gasteiger partial charge in [0, 0.05) is 24.6 Å². The molecule has 3 rings (SSSR count). The number of hydrogen-bond donors (Lipinski definition) is 2. The zero-order chi connectivity index (χ0) is 29.0. The summed E-state index contributed by atoms with van der Waals surface area (Å²) in [4.78, 5) is 26.3. The second-order valence-electron chi connectivity index (χ2n) is 7.00. The van der Waals surface area contributed by atoms with Crippen molar-refractivity contribution in [2.24, 2.45) is 0 Å². The molecule has 0 heterocycles. The molecule has 0 spiro atoms. The SMILES string of the molecule is C=O.C=O.CCOc1c[c-]ccc1CNc1ccc(OC)c(C(F)(F)F)c1.O=[C-][C@@H](CO)c1ccccc1.[K+]. The largest absolute Gasteiger partial charge is 1.00 e. The Morgan fingerprint density at radius 1 is 1.05 bits per heavy atom. The number of halogens is 3. The third-order valence-corrected chi connectivity index (χ3v) is 4.73. The number of carbonyl (C=O) groups excluding carboxylic acids is 3. The van der Waals surface area contributed by atoms with Crippen molar-refractivity contribution in [3.05, 3.63) is 89.5 Å². The van der Waals surface area contributed by atoms with E-state index >= 15 is 0 Å². The molecule has 1 atom stereocenters.